The maximum absolute atomic E-state index is 12.3. The van der Waals surface area contributed by atoms with Crippen LogP contribution >= 0.6 is 0 Å². The van der Waals surface area contributed by atoms with Crippen LogP contribution in [0.5, 0.6) is 0 Å². The lowest BCUT2D eigenvalue weighted by atomic mass is 10.0. The van der Waals surface area contributed by atoms with Crippen molar-refractivity contribution >= 4 is 23.2 Å². The minimum Gasteiger partial charge on any atom is -0.326 e. The van der Waals surface area contributed by atoms with Crippen LogP contribution in [-0.2, 0) is 9.59 Å². The summed E-state index contributed by atoms with van der Waals surface area (Å²) in [5, 5.41) is 2.90. The maximum Gasteiger partial charge on any atom is 0.226 e. The second kappa shape index (κ2) is 8.65. The van der Waals surface area contributed by atoms with E-state index < -0.39 is 0 Å². The van der Waals surface area contributed by atoms with Gasteiger partial charge in [-0.15, -0.1) is 0 Å². The lowest BCUT2D eigenvalue weighted by Crippen LogP contribution is -2.32. The zero-order valence-electron chi connectivity index (χ0n) is 16.3. The molecule has 4 heteroatoms. The number of amides is 2. The number of hydrogen-bond donors (Lipinski definition) is 1. The van der Waals surface area contributed by atoms with Crippen molar-refractivity contribution < 1.29 is 9.59 Å². The van der Waals surface area contributed by atoms with Gasteiger partial charge < -0.3 is 10.2 Å². The molecule has 2 aromatic rings. The molecule has 0 aliphatic rings. The third kappa shape index (κ3) is 4.94. The molecule has 0 saturated carbocycles. The average molecular weight is 352 g/mol. The molecule has 0 spiro atoms. The number of carbonyl (C=O) groups is 2. The molecule has 0 atom stereocenters. The molecule has 0 aliphatic heterocycles. The summed E-state index contributed by atoms with van der Waals surface area (Å²) in [6.45, 7) is 10.2. The Bertz CT molecular complexity index is 779. The Morgan fingerprint density at radius 1 is 1.04 bits per heavy atom. The quantitative estimate of drug-likeness (QED) is 0.811. The Balaban J connectivity index is 2.01. The van der Waals surface area contributed by atoms with Gasteiger partial charge in [0.25, 0.3) is 0 Å². The summed E-state index contributed by atoms with van der Waals surface area (Å²) in [5.74, 6) is 0.299. The molecule has 26 heavy (non-hydrogen) atoms. The van der Waals surface area contributed by atoms with E-state index >= 15 is 0 Å². The van der Waals surface area contributed by atoms with Crippen molar-refractivity contribution in [3.8, 4) is 0 Å². The molecular weight excluding hydrogens is 324 g/mol. The van der Waals surface area contributed by atoms with E-state index in [9.17, 15) is 9.59 Å². The van der Waals surface area contributed by atoms with Gasteiger partial charge in [-0.1, -0.05) is 38.1 Å². The molecule has 0 aliphatic carbocycles. The second-order valence-corrected chi connectivity index (χ2v) is 6.96. The van der Waals surface area contributed by atoms with E-state index in [0.29, 0.717) is 12.5 Å². The van der Waals surface area contributed by atoms with Crippen molar-refractivity contribution in [3.63, 3.8) is 0 Å². The zero-order chi connectivity index (χ0) is 19.3. The van der Waals surface area contributed by atoms with Gasteiger partial charge in [-0.3, -0.25) is 9.59 Å². The third-order valence-corrected chi connectivity index (χ3v) is 4.67. The highest BCUT2D eigenvalue weighted by Gasteiger charge is 2.16. The van der Waals surface area contributed by atoms with Crippen molar-refractivity contribution in [3.05, 3.63) is 59.2 Å². The van der Waals surface area contributed by atoms with E-state index in [-0.39, 0.29) is 18.2 Å². The minimum atomic E-state index is -0.0983. The molecule has 0 saturated heterocycles. The van der Waals surface area contributed by atoms with Crippen LogP contribution in [0.15, 0.2) is 42.5 Å². The van der Waals surface area contributed by atoms with Crippen LogP contribution in [0.4, 0.5) is 11.4 Å². The normalized spacial score (nSPS) is 10.7. The third-order valence-electron chi connectivity index (χ3n) is 4.67. The topological polar surface area (TPSA) is 49.4 Å². The predicted octanol–water partition coefficient (Wildman–Crippen LogP) is 4.81. The number of benzene rings is 2. The van der Waals surface area contributed by atoms with Gasteiger partial charge in [-0.2, -0.15) is 0 Å². The molecule has 0 bridgehead atoms. The SMILES string of the molecule is CC(=O)N(CCC(=O)Nc1ccc(C(C)C)cc1)c1cccc(C)c1C. The van der Waals surface area contributed by atoms with Crippen LogP contribution in [0.3, 0.4) is 0 Å². The highest BCUT2D eigenvalue weighted by molar-refractivity contribution is 5.95. The fraction of sp³-hybridized carbons (Fsp3) is 0.364. The fourth-order valence-electron chi connectivity index (χ4n) is 2.86. The number of anilines is 2. The van der Waals surface area contributed by atoms with Crippen LogP contribution in [0.25, 0.3) is 0 Å². The first-order valence-electron chi connectivity index (χ1n) is 9.03. The highest BCUT2D eigenvalue weighted by atomic mass is 16.2. The maximum atomic E-state index is 12.3. The van der Waals surface area contributed by atoms with Crippen LogP contribution in [-0.4, -0.2) is 18.4 Å². The molecule has 0 radical (unpaired) electrons. The van der Waals surface area contributed by atoms with E-state index in [4.69, 9.17) is 0 Å². The molecule has 2 aromatic carbocycles. The number of aryl methyl sites for hydroxylation is 1. The summed E-state index contributed by atoms with van der Waals surface area (Å²) in [6.07, 6.45) is 0.249. The first-order chi connectivity index (χ1) is 12.3. The Hall–Kier alpha value is -2.62. The standard InChI is InChI=1S/C22H28N2O2/c1-15(2)19-9-11-20(12-10-19)23-22(26)13-14-24(18(5)25)21-8-6-7-16(3)17(21)4/h6-12,15H,13-14H2,1-5H3,(H,23,26). The Morgan fingerprint density at radius 2 is 1.69 bits per heavy atom. The molecule has 2 amide bonds. The summed E-state index contributed by atoms with van der Waals surface area (Å²) >= 11 is 0. The first kappa shape index (κ1) is 19.7. The number of carbonyl (C=O) groups excluding carboxylic acids is 2. The van der Waals surface area contributed by atoms with Crippen molar-refractivity contribution in [1.29, 1.82) is 0 Å². The summed E-state index contributed by atoms with van der Waals surface area (Å²) in [5.41, 5.74) is 5.07. The van der Waals surface area contributed by atoms with Gasteiger partial charge in [-0.25, -0.2) is 0 Å². The highest BCUT2D eigenvalue weighted by Crippen LogP contribution is 2.23. The van der Waals surface area contributed by atoms with Crippen LogP contribution in [0.1, 0.15) is 49.8 Å². The lowest BCUT2D eigenvalue weighted by molar-refractivity contribution is -0.117. The minimum absolute atomic E-state index is 0.0622. The molecule has 0 unspecified atom stereocenters. The van der Waals surface area contributed by atoms with E-state index in [1.165, 1.54) is 12.5 Å². The summed E-state index contributed by atoms with van der Waals surface area (Å²) < 4.78 is 0. The van der Waals surface area contributed by atoms with E-state index in [1.54, 1.807) is 4.90 Å². The van der Waals surface area contributed by atoms with Gasteiger partial charge >= 0.3 is 0 Å². The van der Waals surface area contributed by atoms with Crippen LogP contribution < -0.4 is 10.2 Å². The zero-order valence-corrected chi connectivity index (χ0v) is 16.3. The van der Waals surface area contributed by atoms with Crippen molar-refractivity contribution in [2.45, 2.75) is 47.0 Å². The Labute approximate surface area is 156 Å². The number of rotatable bonds is 6. The summed E-state index contributed by atoms with van der Waals surface area (Å²) in [7, 11) is 0. The van der Waals surface area contributed by atoms with E-state index in [0.717, 1.165) is 22.5 Å². The van der Waals surface area contributed by atoms with Gasteiger partial charge in [0, 0.05) is 31.3 Å². The van der Waals surface area contributed by atoms with Crippen LogP contribution in [0.2, 0.25) is 0 Å². The average Bonchev–Trinajstić information content (AvgIpc) is 2.58. The smallest absolute Gasteiger partial charge is 0.226 e. The van der Waals surface area contributed by atoms with Gasteiger partial charge in [0.15, 0.2) is 0 Å². The predicted molar refractivity (Wildman–Crippen MR) is 108 cm³/mol. The summed E-state index contributed by atoms with van der Waals surface area (Å²) in [6, 6.07) is 13.8. The van der Waals surface area contributed by atoms with E-state index in [1.807, 2.05) is 56.3 Å². The molecule has 0 aromatic heterocycles. The van der Waals surface area contributed by atoms with Gasteiger partial charge in [-0.05, 0) is 54.7 Å². The van der Waals surface area contributed by atoms with Crippen molar-refractivity contribution in [2.75, 3.05) is 16.8 Å². The first-order valence-corrected chi connectivity index (χ1v) is 9.03. The van der Waals surface area contributed by atoms with Crippen molar-refractivity contribution in [2.24, 2.45) is 0 Å². The monoisotopic (exact) mass is 352 g/mol. The molecular formula is C22H28N2O2. The molecule has 2 rings (SSSR count). The Kier molecular flexibility index (Phi) is 6.56. The van der Waals surface area contributed by atoms with Gasteiger partial charge in [0.1, 0.15) is 0 Å². The molecule has 138 valence electrons. The second-order valence-electron chi connectivity index (χ2n) is 6.96. The lowest BCUT2D eigenvalue weighted by Gasteiger charge is -2.23. The van der Waals surface area contributed by atoms with Gasteiger partial charge in [0.2, 0.25) is 11.8 Å². The Morgan fingerprint density at radius 3 is 2.27 bits per heavy atom. The largest absolute Gasteiger partial charge is 0.326 e. The van der Waals surface area contributed by atoms with E-state index in [2.05, 4.69) is 19.2 Å². The van der Waals surface area contributed by atoms with Crippen molar-refractivity contribution in [1.82, 2.24) is 0 Å². The fourth-order valence-corrected chi connectivity index (χ4v) is 2.86. The molecule has 0 heterocycles. The molecule has 1 N–H and O–H groups in total. The molecule has 0 fully saturated rings. The summed E-state index contributed by atoms with van der Waals surface area (Å²) in [4.78, 5) is 26.0. The number of nitrogens with zero attached hydrogens (tertiary/aromatic N) is 1. The van der Waals surface area contributed by atoms with Gasteiger partial charge in [0.05, 0.1) is 0 Å². The molecule has 4 nitrogen and oxygen atoms in total. The number of hydrogen-bond acceptors (Lipinski definition) is 2. The number of nitrogens with one attached hydrogen (secondary N) is 1. The van der Waals surface area contributed by atoms with Crippen LogP contribution in [0, 0.1) is 13.8 Å².